The average Bonchev–Trinajstić information content (AvgIpc) is 3.31. The van der Waals surface area contributed by atoms with E-state index in [1.54, 1.807) is 18.9 Å². The van der Waals surface area contributed by atoms with Gasteiger partial charge in [0.15, 0.2) is 0 Å². The monoisotopic (exact) mass is 419 g/mol. The molecule has 8 nitrogen and oxygen atoms in total. The van der Waals surface area contributed by atoms with Gasteiger partial charge in [0.1, 0.15) is 11.7 Å². The van der Waals surface area contributed by atoms with Crippen LogP contribution in [0, 0.1) is 5.92 Å². The molecule has 1 aliphatic carbocycles. The third-order valence-electron chi connectivity index (χ3n) is 6.99. The van der Waals surface area contributed by atoms with Gasteiger partial charge in [0, 0.05) is 57.5 Å². The van der Waals surface area contributed by atoms with Gasteiger partial charge in [-0.25, -0.2) is 4.79 Å². The predicted octanol–water partition coefficient (Wildman–Crippen LogP) is 1.16. The predicted molar refractivity (Wildman–Crippen MR) is 109 cm³/mol. The minimum Gasteiger partial charge on any atom is -0.462 e. The first kappa shape index (κ1) is 21.2. The molecule has 3 fully saturated rings. The number of piperazine rings is 1. The molecule has 3 atom stereocenters. The van der Waals surface area contributed by atoms with Crippen LogP contribution in [-0.2, 0) is 23.9 Å². The van der Waals surface area contributed by atoms with Gasteiger partial charge >= 0.3 is 5.97 Å². The van der Waals surface area contributed by atoms with E-state index in [1.807, 2.05) is 4.90 Å². The van der Waals surface area contributed by atoms with Crippen molar-refractivity contribution in [2.75, 3.05) is 46.4 Å². The average molecular weight is 420 g/mol. The lowest BCUT2D eigenvalue weighted by Gasteiger charge is -2.48. The molecule has 3 unspecified atom stereocenters. The Hall–Kier alpha value is -2.09. The van der Waals surface area contributed by atoms with Crippen LogP contribution in [0.1, 0.15) is 45.4 Å². The van der Waals surface area contributed by atoms with E-state index >= 15 is 0 Å². The molecular formula is C22H33N3O5. The smallest absolute Gasteiger partial charge is 0.345 e. The summed E-state index contributed by atoms with van der Waals surface area (Å²) in [6.07, 6.45) is 5.55. The van der Waals surface area contributed by atoms with Gasteiger partial charge in [-0.1, -0.05) is 12.8 Å². The molecular weight excluding hydrogens is 386 g/mol. The fourth-order valence-corrected chi connectivity index (χ4v) is 5.45. The number of ether oxygens (including phenoxy) is 2. The van der Waals surface area contributed by atoms with E-state index in [1.165, 1.54) is 0 Å². The molecule has 4 rings (SSSR count). The number of hydrogen-bond acceptors (Lipinski definition) is 6. The molecule has 8 heteroatoms. The van der Waals surface area contributed by atoms with Crippen molar-refractivity contribution < 1.29 is 23.9 Å². The van der Waals surface area contributed by atoms with Crippen molar-refractivity contribution in [2.45, 2.75) is 57.6 Å². The van der Waals surface area contributed by atoms with Crippen LogP contribution in [0.15, 0.2) is 11.3 Å². The molecule has 2 amide bonds. The highest BCUT2D eigenvalue weighted by Gasteiger charge is 2.46. The van der Waals surface area contributed by atoms with E-state index in [4.69, 9.17) is 9.47 Å². The summed E-state index contributed by atoms with van der Waals surface area (Å²) in [5.41, 5.74) is 1.05. The summed E-state index contributed by atoms with van der Waals surface area (Å²) in [6.45, 7) is 5.07. The van der Waals surface area contributed by atoms with Crippen molar-refractivity contribution in [1.29, 1.82) is 0 Å². The molecule has 2 saturated heterocycles. The summed E-state index contributed by atoms with van der Waals surface area (Å²) in [4.78, 5) is 44.4. The van der Waals surface area contributed by atoms with Gasteiger partial charge in [-0.15, -0.1) is 0 Å². The second-order valence-corrected chi connectivity index (χ2v) is 8.67. The minimum absolute atomic E-state index is 0.0711. The Morgan fingerprint density at radius 2 is 1.80 bits per heavy atom. The summed E-state index contributed by atoms with van der Waals surface area (Å²) < 4.78 is 10.8. The normalized spacial score (nSPS) is 29.9. The molecule has 3 aliphatic heterocycles. The fourth-order valence-electron chi connectivity index (χ4n) is 5.45. The van der Waals surface area contributed by atoms with E-state index in [9.17, 15) is 14.4 Å². The standard InChI is InChI=1S/C22H33N3O5/c1-3-29-22(28)18-19(15-7-4-5-8-16(15)23(2)21(18)27)24-10-12-25(13-11-24)20(26)17-9-6-14-30-17/h15-17H,3-14H2,1-2H3. The molecule has 30 heavy (non-hydrogen) atoms. The molecule has 0 bridgehead atoms. The quantitative estimate of drug-likeness (QED) is 0.503. The number of rotatable bonds is 4. The Morgan fingerprint density at radius 3 is 2.47 bits per heavy atom. The molecule has 3 heterocycles. The van der Waals surface area contributed by atoms with Crippen LogP contribution in [0.4, 0.5) is 0 Å². The number of likely N-dealkylation sites (N-methyl/N-ethyl adjacent to an activating group) is 1. The van der Waals surface area contributed by atoms with E-state index < -0.39 is 5.97 Å². The Morgan fingerprint density at radius 1 is 1.07 bits per heavy atom. The highest BCUT2D eigenvalue weighted by Crippen LogP contribution is 2.40. The summed E-state index contributed by atoms with van der Waals surface area (Å²) in [5.74, 6) is -0.529. The summed E-state index contributed by atoms with van der Waals surface area (Å²) in [6, 6.07) is 0.131. The highest BCUT2D eigenvalue weighted by atomic mass is 16.5. The number of esters is 1. The van der Waals surface area contributed by atoms with Crippen LogP contribution in [-0.4, -0.2) is 91.1 Å². The number of carbonyl (C=O) groups is 3. The molecule has 0 aromatic heterocycles. The largest absolute Gasteiger partial charge is 0.462 e. The summed E-state index contributed by atoms with van der Waals surface area (Å²) in [7, 11) is 1.81. The Kier molecular flexibility index (Phi) is 6.32. The van der Waals surface area contributed by atoms with Crippen molar-refractivity contribution in [3.8, 4) is 0 Å². The van der Waals surface area contributed by atoms with Crippen molar-refractivity contribution >= 4 is 17.8 Å². The molecule has 1 saturated carbocycles. The third kappa shape index (κ3) is 3.82. The Balaban J connectivity index is 1.57. The zero-order valence-electron chi connectivity index (χ0n) is 18.1. The first-order valence-corrected chi connectivity index (χ1v) is 11.4. The van der Waals surface area contributed by atoms with Crippen molar-refractivity contribution in [1.82, 2.24) is 14.7 Å². The molecule has 0 radical (unpaired) electrons. The van der Waals surface area contributed by atoms with Gasteiger partial charge < -0.3 is 24.2 Å². The van der Waals surface area contributed by atoms with Gasteiger partial charge in [-0.2, -0.15) is 0 Å². The molecule has 0 aromatic rings. The van der Waals surface area contributed by atoms with E-state index in [0.29, 0.717) is 32.8 Å². The Bertz CT molecular complexity index is 722. The number of fused-ring (bicyclic) bond motifs is 1. The van der Waals surface area contributed by atoms with Gasteiger partial charge in [0.2, 0.25) is 0 Å². The fraction of sp³-hybridized carbons (Fsp3) is 0.773. The molecule has 166 valence electrons. The maximum Gasteiger partial charge on any atom is 0.345 e. The third-order valence-corrected chi connectivity index (χ3v) is 6.99. The summed E-state index contributed by atoms with van der Waals surface area (Å²) >= 11 is 0. The number of amides is 2. The minimum atomic E-state index is -0.522. The van der Waals surface area contributed by atoms with Crippen LogP contribution >= 0.6 is 0 Å². The second kappa shape index (κ2) is 8.96. The highest BCUT2D eigenvalue weighted by molar-refractivity contribution is 6.17. The first-order chi connectivity index (χ1) is 14.5. The molecule has 4 aliphatic rings. The molecule has 0 aromatic carbocycles. The van der Waals surface area contributed by atoms with E-state index in [-0.39, 0.29) is 42.1 Å². The maximum atomic E-state index is 13.2. The van der Waals surface area contributed by atoms with E-state index in [0.717, 1.165) is 44.2 Å². The van der Waals surface area contributed by atoms with Crippen LogP contribution in [0.25, 0.3) is 0 Å². The van der Waals surface area contributed by atoms with E-state index in [2.05, 4.69) is 4.90 Å². The number of hydrogen-bond donors (Lipinski definition) is 0. The maximum absolute atomic E-state index is 13.2. The van der Waals surface area contributed by atoms with Gasteiger partial charge in [-0.3, -0.25) is 9.59 Å². The van der Waals surface area contributed by atoms with Crippen LogP contribution in [0.3, 0.4) is 0 Å². The zero-order chi connectivity index (χ0) is 21.3. The lowest BCUT2D eigenvalue weighted by molar-refractivity contribution is -0.146. The Labute approximate surface area is 178 Å². The van der Waals surface area contributed by atoms with Crippen molar-refractivity contribution in [2.24, 2.45) is 5.92 Å². The van der Waals surface area contributed by atoms with Gasteiger partial charge in [0.25, 0.3) is 11.8 Å². The summed E-state index contributed by atoms with van der Waals surface area (Å²) in [5, 5.41) is 0. The van der Waals surface area contributed by atoms with Gasteiger partial charge in [0.05, 0.1) is 6.61 Å². The SMILES string of the molecule is CCOC(=O)C1=C(N2CCN(C(=O)C3CCCO3)CC2)C2CCCCC2N(C)C1=O. The number of nitrogens with zero attached hydrogens (tertiary/aromatic N) is 3. The van der Waals surface area contributed by atoms with Crippen LogP contribution < -0.4 is 0 Å². The molecule has 0 spiro atoms. The second-order valence-electron chi connectivity index (χ2n) is 8.67. The van der Waals surface area contributed by atoms with Crippen LogP contribution in [0.2, 0.25) is 0 Å². The van der Waals surface area contributed by atoms with Gasteiger partial charge in [-0.05, 0) is 32.6 Å². The lowest BCUT2D eigenvalue weighted by Crippen LogP contribution is -2.57. The van der Waals surface area contributed by atoms with Crippen molar-refractivity contribution in [3.63, 3.8) is 0 Å². The first-order valence-electron chi connectivity index (χ1n) is 11.4. The topological polar surface area (TPSA) is 79.4 Å². The molecule has 0 N–H and O–H groups in total. The zero-order valence-corrected chi connectivity index (χ0v) is 18.1. The van der Waals surface area contributed by atoms with Crippen molar-refractivity contribution in [3.05, 3.63) is 11.3 Å². The van der Waals surface area contributed by atoms with Crippen LogP contribution in [0.5, 0.6) is 0 Å². The lowest BCUT2D eigenvalue weighted by atomic mass is 9.76. The number of carbonyl (C=O) groups excluding carboxylic acids is 3.